The van der Waals surface area contributed by atoms with Crippen molar-refractivity contribution < 1.29 is 81.9 Å². The van der Waals surface area contributed by atoms with Crippen molar-refractivity contribution in [3.8, 4) is 0 Å². The summed E-state index contributed by atoms with van der Waals surface area (Å²) in [4.78, 5) is 0. The van der Waals surface area contributed by atoms with Crippen molar-refractivity contribution in [2.75, 3.05) is 0 Å². The van der Waals surface area contributed by atoms with Gasteiger partial charge in [0.15, 0.2) is 0 Å². The molecule has 0 rings (SSSR count). The van der Waals surface area contributed by atoms with Crippen LogP contribution in [0.3, 0.4) is 0 Å². The van der Waals surface area contributed by atoms with E-state index in [1.165, 1.54) is 0 Å². The molecule has 0 aromatic rings. The molecular weight excluding hydrogens is 219 g/mol. The Morgan fingerprint density at radius 1 is 1.33 bits per heavy atom. The molecule has 0 aliphatic rings. The first-order chi connectivity index (χ1) is 1.00. The van der Waals surface area contributed by atoms with E-state index >= 15 is 0 Å². The first-order valence-electron chi connectivity index (χ1n) is 0.224. The summed E-state index contributed by atoms with van der Waals surface area (Å²) >= 11 is 0. The number of hydrogen-bond acceptors (Lipinski definition) is 1. The SMILES string of the molecule is [C-]#N.[Co].[Fe].[H-].[Mn].[Na+]. The van der Waals surface area contributed by atoms with Crippen LogP contribution in [0.5, 0.6) is 0 Å². The number of hydrogen-bond donors (Lipinski definition) is 0. The normalized spacial score (nSPS) is 0.333. The first-order valence-corrected chi connectivity index (χ1v) is 0.224. The van der Waals surface area contributed by atoms with E-state index in [2.05, 4.69) is 0 Å². The van der Waals surface area contributed by atoms with Crippen molar-refractivity contribution in [1.82, 2.24) is 0 Å². The van der Waals surface area contributed by atoms with Crippen molar-refractivity contribution in [3.05, 3.63) is 6.57 Å². The molecule has 0 aliphatic heterocycles. The van der Waals surface area contributed by atoms with Crippen LogP contribution in [-0.2, 0) is 50.9 Å². The van der Waals surface area contributed by atoms with Crippen LogP contribution >= 0.6 is 0 Å². The maximum absolute atomic E-state index is 6.25. The molecule has 5 heteroatoms. The van der Waals surface area contributed by atoms with Crippen LogP contribution in [-0.4, -0.2) is 0 Å². The summed E-state index contributed by atoms with van der Waals surface area (Å²) in [5.41, 5.74) is 0. The van der Waals surface area contributed by atoms with Crippen molar-refractivity contribution in [1.29, 1.82) is 5.26 Å². The Labute approximate surface area is 92.5 Å². The third-order valence-corrected chi connectivity index (χ3v) is 0. The molecule has 0 spiro atoms. The van der Waals surface area contributed by atoms with E-state index in [9.17, 15) is 0 Å². The van der Waals surface area contributed by atoms with Gasteiger partial charge in [-0.15, -0.1) is 0 Å². The van der Waals surface area contributed by atoms with Crippen LogP contribution in [0.2, 0.25) is 0 Å². The third-order valence-electron chi connectivity index (χ3n) is 0. The quantitative estimate of drug-likeness (QED) is 0.319. The summed E-state index contributed by atoms with van der Waals surface area (Å²) in [6.07, 6.45) is 0. The minimum atomic E-state index is 0. The maximum Gasteiger partial charge on any atom is 1.00 e. The Morgan fingerprint density at radius 2 is 1.33 bits per heavy atom. The molecule has 0 N–H and O–H groups in total. The predicted octanol–water partition coefficient (Wildman–Crippen LogP) is -2.79. The van der Waals surface area contributed by atoms with Crippen LogP contribution in [0.4, 0.5) is 0 Å². The van der Waals surface area contributed by atoms with Gasteiger partial charge < -0.3 is 13.3 Å². The molecule has 0 aliphatic carbocycles. The average Bonchev–Trinajstić information content (AvgIpc) is 1.00. The van der Waals surface area contributed by atoms with E-state index in [0.717, 1.165) is 0 Å². The van der Waals surface area contributed by atoms with Gasteiger partial charge in [0.25, 0.3) is 0 Å². The molecule has 0 heterocycles. The van der Waals surface area contributed by atoms with Crippen molar-refractivity contribution in [2.24, 2.45) is 0 Å². The van der Waals surface area contributed by atoms with Gasteiger partial charge in [-0.25, -0.2) is 0 Å². The van der Waals surface area contributed by atoms with E-state index in [1.54, 1.807) is 0 Å². The zero-order valence-corrected chi connectivity index (χ0v) is 8.34. The molecule has 0 saturated heterocycles. The maximum atomic E-state index is 6.25. The standard InChI is InChI=1S/CN.Co.Fe.Mn.Na.H/c1-2;;;;;/q-1;;;;+1;-1. The second-order valence-electron chi connectivity index (χ2n) is 0. The molecule has 36 valence electrons. The largest absolute Gasteiger partial charge is 1.00 e. The minimum absolute atomic E-state index is 0. The molecule has 0 aromatic heterocycles. The minimum Gasteiger partial charge on any atom is -1.00 e. The van der Waals surface area contributed by atoms with Crippen LogP contribution in [0.1, 0.15) is 1.43 Å². The van der Waals surface area contributed by atoms with Gasteiger partial charge in [-0.2, -0.15) is 0 Å². The van der Waals surface area contributed by atoms with E-state index in [1.807, 2.05) is 0 Å². The third kappa shape index (κ3) is 36.9. The molecule has 0 aromatic carbocycles. The predicted molar refractivity (Wildman–Crippen MR) is 6.08 cm³/mol. The summed E-state index contributed by atoms with van der Waals surface area (Å²) < 4.78 is 0. The Kier molecular flexibility index (Phi) is 445. The van der Waals surface area contributed by atoms with Crippen LogP contribution in [0.25, 0.3) is 0 Å². The molecule has 0 atom stereocenters. The second kappa shape index (κ2) is 61.9. The molecule has 2 radical (unpaired) electrons. The molecule has 1 nitrogen and oxygen atoms in total. The van der Waals surface area contributed by atoms with Crippen molar-refractivity contribution in [2.45, 2.75) is 0 Å². The molecule has 0 amide bonds. The molecule has 0 saturated carbocycles. The second-order valence-corrected chi connectivity index (χ2v) is 0. The summed E-state index contributed by atoms with van der Waals surface area (Å²) in [6.45, 7) is 4.75. The van der Waals surface area contributed by atoms with E-state index in [0.29, 0.717) is 0 Å². The van der Waals surface area contributed by atoms with Gasteiger partial charge in [-0.1, -0.05) is 0 Å². The zero-order chi connectivity index (χ0) is 2.00. The monoisotopic (exact) mass is 220 g/mol. The van der Waals surface area contributed by atoms with Gasteiger partial charge in [-0.3, -0.25) is 0 Å². The smallest absolute Gasteiger partial charge is 1.00 e. The molecular formula is CHCoFeMnNNa-. The number of nitrogens with zero attached hydrogens (tertiary/aromatic N) is 1. The van der Waals surface area contributed by atoms with Crippen LogP contribution in [0.15, 0.2) is 0 Å². The van der Waals surface area contributed by atoms with Crippen molar-refractivity contribution in [3.63, 3.8) is 0 Å². The summed E-state index contributed by atoms with van der Waals surface area (Å²) in [5, 5.41) is 6.25. The van der Waals surface area contributed by atoms with Crippen LogP contribution < -0.4 is 29.6 Å². The van der Waals surface area contributed by atoms with E-state index in [-0.39, 0.29) is 81.9 Å². The summed E-state index contributed by atoms with van der Waals surface area (Å²) in [5.74, 6) is 0. The Morgan fingerprint density at radius 3 is 1.33 bits per heavy atom. The average molecular weight is 220 g/mol. The van der Waals surface area contributed by atoms with Gasteiger partial charge >= 0.3 is 29.6 Å². The summed E-state index contributed by atoms with van der Waals surface area (Å²) in [7, 11) is 0. The van der Waals surface area contributed by atoms with Gasteiger partial charge in [0.1, 0.15) is 0 Å². The summed E-state index contributed by atoms with van der Waals surface area (Å²) in [6, 6.07) is 0. The van der Waals surface area contributed by atoms with Gasteiger partial charge in [-0.05, 0) is 0 Å². The Balaban J connectivity index is -0.000000000500. The fraction of sp³-hybridized carbons (Fsp3) is 0. The fourth-order valence-corrected chi connectivity index (χ4v) is 0. The Hall–Kier alpha value is 2.04. The van der Waals surface area contributed by atoms with E-state index in [4.69, 9.17) is 11.8 Å². The van der Waals surface area contributed by atoms with Crippen molar-refractivity contribution >= 4 is 0 Å². The fourth-order valence-electron chi connectivity index (χ4n) is 0. The first kappa shape index (κ1) is 43.2. The van der Waals surface area contributed by atoms with Gasteiger partial charge in [0.2, 0.25) is 0 Å². The molecule has 6 heavy (non-hydrogen) atoms. The molecule has 0 fully saturated rings. The van der Waals surface area contributed by atoms with Gasteiger partial charge in [0.05, 0.1) is 0 Å². The molecule has 0 bridgehead atoms. The zero-order valence-electron chi connectivity index (χ0n) is 4.01. The Bertz CT molecular complexity index is 24.4. The topological polar surface area (TPSA) is 23.8 Å². The number of rotatable bonds is 0. The van der Waals surface area contributed by atoms with Gasteiger partial charge in [0, 0.05) is 50.9 Å². The molecule has 0 unspecified atom stereocenters. The van der Waals surface area contributed by atoms with Crippen LogP contribution in [0, 0.1) is 11.8 Å². The van der Waals surface area contributed by atoms with E-state index < -0.39 is 0 Å².